The van der Waals surface area contributed by atoms with E-state index in [1.54, 1.807) is 48.5 Å². The normalized spacial score (nSPS) is 15.6. The van der Waals surface area contributed by atoms with E-state index in [1.165, 1.54) is 4.90 Å². The van der Waals surface area contributed by atoms with Crippen LogP contribution in [0.5, 0.6) is 5.75 Å². The first-order valence-corrected chi connectivity index (χ1v) is 8.71. The average Bonchev–Trinajstić information content (AvgIpc) is 2.86. The summed E-state index contributed by atoms with van der Waals surface area (Å²) >= 11 is 17.6. The maximum atomic E-state index is 12.7. The molecule has 1 aliphatic heterocycles. The van der Waals surface area contributed by atoms with Gasteiger partial charge in [0.1, 0.15) is 11.4 Å². The van der Waals surface area contributed by atoms with Crippen LogP contribution in [0.25, 0.3) is 6.08 Å². The van der Waals surface area contributed by atoms with Crippen LogP contribution in [-0.4, -0.2) is 17.6 Å². The van der Waals surface area contributed by atoms with E-state index in [-0.39, 0.29) is 5.91 Å². The lowest BCUT2D eigenvalue weighted by molar-refractivity contribution is -0.113. The zero-order valence-electron chi connectivity index (χ0n) is 13.3. The minimum atomic E-state index is -0.273. The van der Waals surface area contributed by atoms with Gasteiger partial charge in [0.05, 0.1) is 12.3 Å². The van der Waals surface area contributed by atoms with E-state index in [4.69, 9.17) is 40.2 Å². The molecule has 25 heavy (non-hydrogen) atoms. The summed E-state index contributed by atoms with van der Waals surface area (Å²) in [5.74, 6) is 0.459. The van der Waals surface area contributed by atoms with Gasteiger partial charge < -0.3 is 10.1 Å². The maximum Gasteiger partial charge on any atom is 0.281 e. The van der Waals surface area contributed by atoms with Crippen molar-refractivity contribution in [3.8, 4) is 5.75 Å². The topological polar surface area (TPSA) is 41.6 Å². The second-order valence-corrected chi connectivity index (χ2v) is 6.39. The van der Waals surface area contributed by atoms with Crippen LogP contribution in [0.15, 0.2) is 48.2 Å². The first-order chi connectivity index (χ1) is 12.0. The van der Waals surface area contributed by atoms with Crippen LogP contribution >= 0.6 is 35.4 Å². The van der Waals surface area contributed by atoms with Gasteiger partial charge >= 0.3 is 0 Å². The molecule has 0 atom stereocenters. The Morgan fingerprint density at radius 3 is 2.40 bits per heavy atom. The molecular weight excluding hydrogens is 379 g/mol. The van der Waals surface area contributed by atoms with Crippen molar-refractivity contribution in [1.82, 2.24) is 5.32 Å². The predicted molar refractivity (Wildman–Crippen MR) is 105 cm³/mol. The molecule has 0 aliphatic carbocycles. The smallest absolute Gasteiger partial charge is 0.281 e. The summed E-state index contributed by atoms with van der Waals surface area (Å²) < 4.78 is 5.41. The van der Waals surface area contributed by atoms with Crippen molar-refractivity contribution in [2.75, 3.05) is 11.5 Å². The summed E-state index contributed by atoms with van der Waals surface area (Å²) in [6, 6.07) is 12.3. The van der Waals surface area contributed by atoms with Gasteiger partial charge in [-0.05, 0) is 61.6 Å². The summed E-state index contributed by atoms with van der Waals surface area (Å²) in [5.41, 5.74) is 1.53. The van der Waals surface area contributed by atoms with Gasteiger partial charge in [-0.3, -0.25) is 9.69 Å². The number of ether oxygens (including phenoxy) is 1. The number of nitrogens with zero attached hydrogens (tertiary/aromatic N) is 1. The number of rotatable bonds is 4. The Hall–Kier alpha value is -2.08. The third-order valence-electron chi connectivity index (χ3n) is 3.57. The number of halogens is 2. The Bertz CT molecular complexity index is 846. The van der Waals surface area contributed by atoms with Gasteiger partial charge in [0.25, 0.3) is 5.91 Å². The second-order valence-electron chi connectivity index (χ2n) is 5.19. The molecule has 1 fully saturated rings. The molecular formula is C18H14Cl2N2O2S. The highest BCUT2D eigenvalue weighted by molar-refractivity contribution is 7.80. The van der Waals surface area contributed by atoms with Gasteiger partial charge in [-0.15, -0.1) is 0 Å². The number of carbonyl (C=O) groups excluding carboxylic acids is 1. The lowest BCUT2D eigenvalue weighted by Crippen LogP contribution is -2.30. The van der Waals surface area contributed by atoms with Crippen molar-refractivity contribution in [1.29, 1.82) is 0 Å². The molecule has 3 rings (SSSR count). The highest BCUT2D eigenvalue weighted by Crippen LogP contribution is 2.29. The number of amides is 1. The van der Waals surface area contributed by atoms with Gasteiger partial charge in [-0.1, -0.05) is 29.3 Å². The third kappa shape index (κ3) is 3.63. The Kier molecular flexibility index (Phi) is 5.27. The standard InChI is InChI=1S/C18H14Cl2N2O2S/c1-2-24-12-8-6-11(7-9-12)22-17(23)16(21-18(22)25)10-13-14(19)4-3-5-15(13)20/h3-10H,2H2,1H3,(H,21,25). The Balaban J connectivity index is 1.91. The third-order valence-corrected chi connectivity index (χ3v) is 4.52. The van der Waals surface area contributed by atoms with E-state index >= 15 is 0 Å². The molecule has 7 heteroatoms. The molecule has 1 saturated heterocycles. The molecule has 0 unspecified atom stereocenters. The maximum absolute atomic E-state index is 12.7. The van der Waals surface area contributed by atoms with E-state index in [0.29, 0.717) is 38.7 Å². The average molecular weight is 393 g/mol. The molecule has 0 spiro atoms. The van der Waals surface area contributed by atoms with Crippen molar-refractivity contribution in [2.45, 2.75) is 6.92 Å². The van der Waals surface area contributed by atoms with E-state index in [2.05, 4.69) is 5.32 Å². The number of anilines is 1. The Morgan fingerprint density at radius 2 is 1.80 bits per heavy atom. The summed E-state index contributed by atoms with van der Waals surface area (Å²) in [6.45, 7) is 2.49. The molecule has 0 bridgehead atoms. The zero-order chi connectivity index (χ0) is 18.0. The molecule has 128 valence electrons. The molecule has 4 nitrogen and oxygen atoms in total. The fourth-order valence-corrected chi connectivity index (χ4v) is 3.23. The van der Waals surface area contributed by atoms with E-state index in [0.717, 1.165) is 5.75 Å². The number of nitrogens with one attached hydrogen (secondary N) is 1. The molecule has 2 aromatic rings. The summed E-state index contributed by atoms with van der Waals surface area (Å²) in [6.07, 6.45) is 1.61. The lowest BCUT2D eigenvalue weighted by atomic mass is 10.2. The number of thiocarbonyl (C=S) groups is 1. The first kappa shape index (κ1) is 17.7. The molecule has 2 aromatic carbocycles. The van der Waals surface area contributed by atoms with Crippen LogP contribution in [0, 0.1) is 0 Å². The van der Waals surface area contributed by atoms with Crippen LogP contribution in [0.3, 0.4) is 0 Å². The minimum absolute atomic E-state index is 0.273. The molecule has 0 radical (unpaired) electrons. The van der Waals surface area contributed by atoms with Crippen LogP contribution < -0.4 is 15.0 Å². The van der Waals surface area contributed by atoms with Crippen LogP contribution in [-0.2, 0) is 4.79 Å². The zero-order valence-corrected chi connectivity index (χ0v) is 15.6. The molecule has 1 N–H and O–H groups in total. The quantitative estimate of drug-likeness (QED) is 0.606. The minimum Gasteiger partial charge on any atom is -0.494 e. The van der Waals surface area contributed by atoms with E-state index in [1.807, 2.05) is 6.92 Å². The van der Waals surface area contributed by atoms with Gasteiger partial charge in [-0.2, -0.15) is 0 Å². The Morgan fingerprint density at radius 1 is 1.16 bits per heavy atom. The summed E-state index contributed by atoms with van der Waals surface area (Å²) in [4.78, 5) is 14.2. The monoisotopic (exact) mass is 392 g/mol. The summed E-state index contributed by atoms with van der Waals surface area (Å²) in [7, 11) is 0. The van der Waals surface area contributed by atoms with Crippen LogP contribution in [0.4, 0.5) is 5.69 Å². The van der Waals surface area contributed by atoms with Gasteiger partial charge in [-0.25, -0.2) is 0 Å². The SMILES string of the molecule is CCOc1ccc(N2C(=O)C(=Cc3c(Cl)cccc3Cl)NC2=S)cc1. The Labute approximate surface area is 161 Å². The molecule has 1 amide bonds. The number of hydrogen-bond donors (Lipinski definition) is 1. The van der Waals surface area contributed by atoms with E-state index < -0.39 is 0 Å². The predicted octanol–water partition coefficient (Wildman–Crippen LogP) is 4.65. The fraction of sp³-hybridized carbons (Fsp3) is 0.111. The largest absolute Gasteiger partial charge is 0.494 e. The number of hydrogen-bond acceptors (Lipinski definition) is 3. The number of carbonyl (C=O) groups is 1. The molecule has 0 aromatic heterocycles. The van der Waals surface area contributed by atoms with Crippen LogP contribution in [0.1, 0.15) is 12.5 Å². The van der Waals surface area contributed by atoms with Gasteiger partial charge in [0.2, 0.25) is 0 Å². The van der Waals surface area contributed by atoms with Crippen molar-refractivity contribution >= 4 is 58.2 Å². The molecule has 0 saturated carbocycles. The highest BCUT2D eigenvalue weighted by atomic mass is 35.5. The van der Waals surface area contributed by atoms with Crippen molar-refractivity contribution in [3.63, 3.8) is 0 Å². The summed E-state index contributed by atoms with van der Waals surface area (Å²) in [5, 5.41) is 4.13. The van der Waals surface area contributed by atoms with Crippen molar-refractivity contribution in [3.05, 3.63) is 63.8 Å². The highest BCUT2D eigenvalue weighted by Gasteiger charge is 2.32. The second kappa shape index (κ2) is 7.44. The molecule has 1 aliphatic rings. The number of benzene rings is 2. The van der Waals surface area contributed by atoms with Gasteiger partial charge in [0, 0.05) is 15.6 Å². The van der Waals surface area contributed by atoms with E-state index in [9.17, 15) is 4.79 Å². The van der Waals surface area contributed by atoms with Gasteiger partial charge in [0.15, 0.2) is 5.11 Å². The van der Waals surface area contributed by atoms with Crippen LogP contribution in [0.2, 0.25) is 10.0 Å². The lowest BCUT2D eigenvalue weighted by Gasteiger charge is -2.14. The fourth-order valence-electron chi connectivity index (χ4n) is 2.42. The van der Waals surface area contributed by atoms with Crippen molar-refractivity contribution < 1.29 is 9.53 Å². The first-order valence-electron chi connectivity index (χ1n) is 7.55. The molecule has 1 heterocycles. The van der Waals surface area contributed by atoms with Crippen molar-refractivity contribution in [2.24, 2.45) is 0 Å².